The molecule has 6 amide bonds. The number of thiazole rings is 1. The Kier molecular flexibility index (Phi) is 19.0. The number of aliphatic hydroxyl groups is 1. The number of amides is 6. The minimum absolute atomic E-state index is 0. The third-order valence-electron chi connectivity index (χ3n) is 14.1. The Labute approximate surface area is 437 Å². The van der Waals surface area contributed by atoms with Gasteiger partial charge in [-0.3, -0.25) is 33.7 Å². The van der Waals surface area contributed by atoms with Crippen LogP contribution in [-0.2, 0) is 59.4 Å². The number of halogens is 2. The van der Waals surface area contributed by atoms with Gasteiger partial charge in [0, 0.05) is 32.2 Å². The molecule has 0 saturated carbocycles. The van der Waals surface area contributed by atoms with E-state index in [0.717, 1.165) is 38.5 Å². The molecule has 1 aromatic heterocycles. The molecule has 3 aliphatic rings. The normalized spacial score (nSPS) is 20.0. The van der Waals surface area contributed by atoms with Crippen LogP contribution in [0.1, 0.15) is 119 Å². The van der Waals surface area contributed by atoms with Crippen LogP contribution in [0.15, 0.2) is 66.2 Å². The number of carbonyl (C=O) groups is 6. The van der Waals surface area contributed by atoms with E-state index in [2.05, 4.69) is 20.9 Å². The van der Waals surface area contributed by atoms with Gasteiger partial charge in [-0.15, -0.1) is 23.7 Å². The molecule has 4 aromatic rings. The summed E-state index contributed by atoms with van der Waals surface area (Å²) in [5, 5.41) is 19.6. The van der Waals surface area contributed by atoms with E-state index in [0.29, 0.717) is 49.7 Å². The van der Waals surface area contributed by atoms with Crippen LogP contribution in [0.3, 0.4) is 0 Å². The number of nitrogens with zero attached hydrogens (tertiary/aromatic N) is 3. The van der Waals surface area contributed by atoms with Crippen molar-refractivity contribution >= 4 is 64.9 Å². The Morgan fingerprint density at radius 2 is 1.67 bits per heavy atom. The molecule has 1 saturated heterocycles. The number of likely N-dealkylation sites (tertiary alicyclic amines) is 1. The van der Waals surface area contributed by atoms with E-state index >= 15 is 4.39 Å². The fourth-order valence-electron chi connectivity index (χ4n) is 9.94. The maximum absolute atomic E-state index is 15.5. The highest BCUT2D eigenvalue weighted by Crippen LogP contribution is 2.39. The number of β-amino-alcohol motifs (C(OH)–C–C–N with tert-alkyl or cyclic N) is 1. The van der Waals surface area contributed by atoms with E-state index < -0.39 is 77.3 Å². The zero-order valence-corrected chi connectivity index (χ0v) is 44.1. The Hall–Kier alpha value is -5.79. The molecule has 1 fully saturated rings. The van der Waals surface area contributed by atoms with Gasteiger partial charge in [-0.1, -0.05) is 75.4 Å². The average Bonchev–Trinajstić information content (AvgIpc) is 4.06. The predicted molar refractivity (Wildman–Crippen MR) is 280 cm³/mol. The number of ether oxygens (including phenoxy) is 1. The number of aromatic nitrogens is 1. The first kappa shape index (κ1) is 56.5. The lowest BCUT2D eigenvalue weighted by Crippen LogP contribution is -2.57. The van der Waals surface area contributed by atoms with Crippen molar-refractivity contribution in [3.05, 3.63) is 106 Å². The van der Waals surface area contributed by atoms with E-state index in [4.69, 9.17) is 16.2 Å². The highest BCUT2D eigenvalue weighted by molar-refractivity contribution is 7.13. The van der Waals surface area contributed by atoms with Gasteiger partial charge in [-0.2, -0.15) is 0 Å². The first-order chi connectivity index (χ1) is 34.2. The monoisotopic (exact) mass is 1040 g/mol. The molecule has 3 aliphatic heterocycles. The minimum atomic E-state index is -0.978. The van der Waals surface area contributed by atoms with Gasteiger partial charge >= 0.3 is 0 Å². The average molecular weight is 1050 g/mol. The van der Waals surface area contributed by atoms with Crippen LogP contribution in [0.4, 0.5) is 10.1 Å². The largest absolute Gasteiger partial charge is 0.391 e. The number of carbonyl (C=O) groups excluding carboxylic acids is 6. The van der Waals surface area contributed by atoms with Crippen molar-refractivity contribution in [2.75, 3.05) is 11.4 Å². The number of aliphatic hydroxyl groups excluding tert-OH is 1. The van der Waals surface area contributed by atoms with Gasteiger partial charge < -0.3 is 42.2 Å². The number of aryl methyl sites for hydroxylation is 3. The van der Waals surface area contributed by atoms with Crippen LogP contribution in [0.5, 0.6) is 0 Å². The number of rotatable bonds is 20. The molecule has 0 aliphatic carbocycles. The van der Waals surface area contributed by atoms with Gasteiger partial charge in [0.05, 0.1) is 58.7 Å². The molecule has 73 heavy (non-hydrogen) atoms. The number of nitrogens with one attached hydrogen (secondary N) is 3. The zero-order valence-electron chi connectivity index (χ0n) is 42.5. The molecule has 0 spiro atoms. The second-order valence-electron chi connectivity index (χ2n) is 20.6. The van der Waals surface area contributed by atoms with E-state index in [1.165, 1.54) is 15.9 Å². The molecule has 7 rings (SSSR count). The molecule has 8 N–H and O–H groups in total. The van der Waals surface area contributed by atoms with Gasteiger partial charge in [-0.05, 0) is 104 Å². The van der Waals surface area contributed by atoms with Gasteiger partial charge in [-0.25, -0.2) is 9.37 Å². The van der Waals surface area contributed by atoms with E-state index in [9.17, 15) is 33.9 Å². The van der Waals surface area contributed by atoms with E-state index in [1.54, 1.807) is 35.9 Å². The summed E-state index contributed by atoms with van der Waals surface area (Å²) in [5.41, 5.74) is 19.3. The zero-order chi connectivity index (χ0) is 52.0. The van der Waals surface area contributed by atoms with Crippen LogP contribution in [0.25, 0.3) is 10.4 Å². The van der Waals surface area contributed by atoms with Crippen LogP contribution >= 0.6 is 23.7 Å². The van der Waals surface area contributed by atoms with Crippen molar-refractivity contribution in [3.8, 4) is 10.4 Å². The number of benzene rings is 3. The van der Waals surface area contributed by atoms with Crippen LogP contribution in [0.2, 0.25) is 0 Å². The van der Waals surface area contributed by atoms with Crippen molar-refractivity contribution < 1.29 is 43.0 Å². The summed E-state index contributed by atoms with van der Waals surface area (Å²) in [4.78, 5) is 88.7. The van der Waals surface area contributed by atoms with Gasteiger partial charge in [0.1, 0.15) is 23.9 Å². The number of hydrogen-bond acceptors (Lipinski definition) is 11. The summed E-state index contributed by atoms with van der Waals surface area (Å²) < 4.78 is 21.6. The van der Waals surface area contributed by atoms with Gasteiger partial charge in [0.2, 0.25) is 35.4 Å². The molecule has 0 bridgehead atoms. The summed E-state index contributed by atoms with van der Waals surface area (Å²) in [6.07, 6.45) is 1.48. The van der Waals surface area contributed by atoms with Crippen molar-refractivity contribution in [1.82, 2.24) is 25.8 Å². The van der Waals surface area contributed by atoms with Gasteiger partial charge in [0.15, 0.2) is 0 Å². The second kappa shape index (κ2) is 24.5. The highest BCUT2D eigenvalue weighted by Gasteiger charge is 2.46. The number of primary amides is 1. The molecule has 394 valence electrons. The number of para-hydroxylation sites is 1. The maximum Gasteiger partial charge on any atom is 0.246 e. The van der Waals surface area contributed by atoms with E-state index in [-0.39, 0.29) is 69.1 Å². The summed E-state index contributed by atoms with van der Waals surface area (Å²) in [5.74, 6) is -2.89. The standard InChI is InChI=1S/C54H69FN8O8S.ClH/c1-30(34-16-18-37(19-17-34)48-31(2)58-29-72-48)59-50(67)43-26-39(64)27-62(43)53(70)49(54(4,5)6)61-46(66)13-8-7-10-35-15-14-33(24-40(35)55)28-71-32(3)42(22-23-45(57)65)60-51(68)44-25-38-12-9-11-36-20-21-41(56)52(69)63(44)47(36)38;/h9,11-12,14-19,24,29-30,32,39,41-44,49,64H,7-8,10,13,20-23,25-28,56H2,1-6H3,(H2,57,65)(H,59,67)(H,60,68)(H,61,66);1H/t30-,32+,39+,41-,42-,43-,44-,49+;/m0./s1. The topological polar surface area (TPSA) is 239 Å². The lowest BCUT2D eigenvalue weighted by atomic mass is 9.85. The lowest BCUT2D eigenvalue weighted by molar-refractivity contribution is -0.144. The lowest BCUT2D eigenvalue weighted by Gasteiger charge is -2.35. The highest BCUT2D eigenvalue weighted by atomic mass is 35.5. The third kappa shape index (κ3) is 13.7. The minimum Gasteiger partial charge on any atom is -0.391 e. The summed E-state index contributed by atoms with van der Waals surface area (Å²) >= 11 is 1.56. The van der Waals surface area contributed by atoms with Crippen molar-refractivity contribution in [3.63, 3.8) is 0 Å². The fourth-order valence-corrected chi connectivity index (χ4v) is 10.8. The number of nitrogens with two attached hydrogens (primary N) is 2. The number of hydrogen-bond donors (Lipinski definition) is 6. The summed E-state index contributed by atoms with van der Waals surface area (Å²) in [6.45, 7) is 11.0. The van der Waals surface area contributed by atoms with Crippen molar-refractivity contribution in [1.29, 1.82) is 0 Å². The summed E-state index contributed by atoms with van der Waals surface area (Å²) in [7, 11) is 0. The van der Waals surface area contributed by atoms with Crippen LogP contribution in [-0.4, -0.2) is 99.4 Å². The second-order valence-corrected chi connectivity index (χ2v) is 21.5. The van der Waals surface area contributed by atoms with Crippen molar-refractivity contribution in [2.45, 2.75) is 161 Å². The molecule has 3 aromatic carbocycles. The first-order valence-corrected chi connectivity index (χ1v) is 25.8. The van der Waals surface area contributed by atoms with Gasteiger partial charge in [0.25, 0.3) is 0 Å². The summed E-state index contributed by atoms with van der Waals surface area (Å²) in [6, 6.07) is 14.0. The predicted octanol–water partition coefficient (Wildman–Crippen LogP) is 5.65. The third-order valence-corrected chi connectivity index (χ3v) is 15.1. The fraction of sp³-hybridized carbons (Fsp3) is 0.500. The Morgan fingerprint density at radius 1 is 0.959 bits per heavy atom. The Bertz CT molecular complexity index is 2640. The molecule has 0 unspecified atom stereocenters. The van der Waals surface area contributed by atoms with Crippen molar-refractivity contribution in [2.24, 2.45) is 16.9 Å². The molecular weight excluding hydrogens is 975 g/mol. The van der Waals surface area contributed by atoms with Crippen LogP contribution < -0.4 is 32.3 Å². The van der Waals surface area contributed by atoms with Crippen LogP contribution in [0, 0.1) is 18.2 Å². The molecule has 16 nitrogen and oxygen atoms in total. The SMILES string of the molecule is Cc1ncsc1-c1ccc([C@H](C)NC(=O)[C@@H]2C[C@@H](O)CN2C(=O)[C@@H](NC(=O)CCCCc2ccc(CO[C@H](C)[C@H](CCC(N)=O)NC(=O)[C@@H]3Cc4cccc5c4N3C(=O)[C@@H](N)CC5)cc2F)C(C)(C)C)cc1.Cl. The Morgan fingerprint density at radius 3 is 2.34 bits per heavy atom. The Balaban J connectivity index is 0.00000869. The van der Waals surface area contributed by atoms with E-state index in [1.807, 2.05) is 77.1 Å². The molecule has 8 atom stereocenters. The first-order valence-electron chi connectivity index (χ1n) is 25.0. The number of unbranched alkanes of at least 4 members (excludes halogenated alkanes) is 1. The maximum atomic E-state index is 15.5. The smallest absolute Gasteiger partial charge is 0.246 e. The molecule has 19 heteroatoms. The molecule has 0 radical (unpaired) electrons. The number of anilines is 1. The quantitative estimate of drug-likeness (QED) is 0.0595. The molecular formula is C54H70ClFN8O8S. The molecule has 4 heterocycles.